The number of para-hydroxylation sites is 1. The van der Waals surface area contributed by atoms with Crippen molar-refractivity contribution in [2.75, 3.05) is 26.2 Å². The number of nitrogens with zero attached hydrogens (tertiary/aromatic N) is 2. The Morgan fingerprint density at radius 3 is 2.50 bits per heavy atom. The van der Waals surface area contributed by atoms with Crippen molar-refractivity contribution >= 4 is 28.6 Å². The highest BCUT2D eigenvalue weighted by Crippen LogP contribution is 2.25. The van der Waals surface area contributed by atoms with Gasteiger partial charge in [0.05, 0.1) is 0 Å². The molecule has 2 unspecified atom stereocenters. The number of aromatic nitrogens is 1. The van der Waals surface area contributed by atoms with E-state index in [1.165, 1.54) is 6.42 Å². The van der Waals surface area contributed by atoms with Gasteiger partial charge in [-0.1, -0.05) is 39.0 Å². The molecule has 0 saturated carbocycles. The van der Waals surface area contributed by atoms with Gasteiger partial charge in [-0.15, -0.1) is 0 Å². The summed E-state index contributed by atoms with van der Waals surface area (Å²) in [6.45, 7) is 8.70. The molecule has 0 radical (unpaired) electrons. The summed E-state index contributed by atoms with van der Waals surface area (Å²) in [6.07, 6.45) is 6.01. The van der Waals surface area contributed by atoms with E-state index in [1.807, 2.05) is 54.1 Å². The highest BCUT2D eigenvalue weighted by atomic mass is 16.2. The molecule has 2 aliphatic heterocycles. The van der Waals surface area contributed by atoms with Crippen molar-refractivity contribution in [2.24, 2.45) is 17.8 Å². The number of benzene rings is 1. The smallest absolute Gasteiger partial charge is 0.245 e. The van der Waals surface area contributed by atoms with Gasteiger partial charge in [-0.25, -0.2) is 0 Å². The van der Waals surface area contributed by atoms with Crippen molar-refractivity contribution in [1.29, 1.82) is 0 Å². The number of aromatic amines is 1. The van der Waals surface area contributed by atoms with E-state index in [9.17, 15) is 14.4 Å². The van der Waals surface area contributed by atoms with E-state index in [4.69, 9.17) is 0 Å². The number of rotatable bonds is 6. The molecule has 1 aromatic carbocycles. The molecule has 3 heterocycles. The van der Waals surface area contributed by atoms with Crippen molar-refractivity contribution in [3.05, 3.63) is 36.0 Å². The fourth-order valence-electron chi connectivity index (χ4n) is 5.27. The van der Waals surface area contributed by atoms with Crippen LogP contribution in [-0.2, 0) is 20.8 Å². The standard InChI is InChI=1S/C27H38N4O3/c1-18(2)25(32)29-24(15-21-16-28-23-9-5-4-8-22(21)23)27(34)30-13-10-20(11-14-30)26(33)31-12-6-7-19(3)17-31/h4-5,8-9,16,18-20,24,28H,6-7,10-15,17H2,1-3H3,(H,29,32). The summed E-state index contributed by atoms with van der Waals surface area (Å²) < 4.78 is 0. The van der Waals surface area contributed by atoms with Crippen LogP contribution in [0.5, 0.6) is 0 Å². The molecule has 2 saturated heterocycles. The third-order valence-electron chi connectivity index (χ3n) is 7.36. The summed E-state index contributed by atoms with van der Waals surface area (Å²) >= 11 is 0. The molecule has 1 aromatic heterocycles. The number of nitrogens with one attached hydrogen (secondary N) is 2. The lowest BCUT2D eigenvalue weighted by molar-refractivity contribution is -0.143. The first-order valence-electron chi connectivity index (χ1n) is 12.8. The molecule has 3 amide bonds. The van der Waals surface area contributed by atoms with Gasteiger partial charge in [-0.3, -0.25) is 14.4 Å². The van der Waals surface area contributed by atoms with Gasteiger partial charge in [-0.05, 0) is 43.2 Å². The highest BCUT2D eigenvalue weighted by molar-refractivity contribution is 5.90. The van der Waals surface area contributed by atoms with Gasteiger partial charge in [-0.2, -0.15) is 0 Å². The Morgan fingerprint density at radius 1 is 1.06 bits per heavy atom. The van der Waals surface area contributed by atoms with Crippen LogP contribution in [0.2, 0.25) is 0 Å². The summed E-state index contributed by atoms with van der Waals surface area (Å²) in [6, 6.07) is 7.37. The van der Waals surface area contributed by atoms with Gasteiger partial charge < -0.3 is 20.1 Å². The van der Waals surface area contributed by atoms with Crippen LogP contribution in [0.15, 0.2) is 30.5 Å². The number of piperidine rings is 2. The molecule has 184 valence electrons. The minimum Gasteiger partial charge on any atom is -0.361 e. The summed E-state index contributed by atoms with van der Waals surface area (Å²) in [7, 11) is 0. The monoisotopic (exact) mass is 466 g/mol. The van der Waals surface area contributed by atoms with Gasteiger partial charge >= 0.3 is 0 Å². The van der Waals surface area contributed by atoms with E-state index in [-0.39, 0.29) is 29.6 Å². The van der Waals surface area contributed by atoms with Crippen LogP contribution in [0.1, 0.15) is 52.0 Å². The van der Waals surface area contributed by atoms with E-state index in [0.717, 1.165) is 36.0 Å². The Hall–Kier alpha value is -2.83. The second-order valence-corrected chi connectivity index (χ2v) is 10.4. The summed E-state index contributed by atoms with van der Waals surface area (Å²) in [5, 5.41) is 4.06. The Morgan fingerprint density at radius 2 is 1.79 bits per heavy atom. The van der Waals surface area contributed by atoms with Crippen LogP contribution >= 0.6 is 0 Å². The first kappa shape index (κ1) is 24.3. The zero-order valence-corrected chi connectivity index (χ0v) is 20.7. The summed E-state index contributed by atoms with van der Waals surface area (Å²) in [5.41, 5.74) is 2.03. The maximum atomic E-state index is 13.5. The fraction of sp³-hybridized carbons (Fsp3) is 0.593. The lowest BCUT2D eigenvalue weighted by Gasteiger charge is -2.38. The quantitative estimate of drug-likeness (QED) is 0.685. The maximum Gasteiger partial charge on any atom is 0.245 e. The second kappa shape index (κ2) is 10.6. The van der Waals surface area contributed by atoms with E-state index < -0.39 is 6.04 Å². The molecule has 2 N–H and O–H groups in total. The second-order valence-electron chi connectivity index (χ2n) is 10.4. The zero-order valence-electron chi connectivity index (χ0n) is 20.7. The van der Waals surface area contributed by atoms with E-state index in [0.29, 0.717) is 38.3 Å². The van der Waals surface area contributed by atoms with E-state index in [1.54, 1.807) is 0 Å². The fourth-order valence-corrected chi connectivity index (χ4v) is 5.27. The first-order chi connectivity index (χ1) is 16.3. The predicted molar refractivity (Wildman–Crippen MR) is 133 cm³/mol. The topological polar surface area (TPSA) is 85.5 Å². The van der Waals surface area contributed by atoms with Gasteiger partial charge in [0, 0.05) is 61.5 Å². The van der Waals surface area contributed by atoms with Crippen molar-refractivity contribution in [3.63, 3.8) is 0 Å². The van der Waals surface area contributed by atoms with Crippen LogP contribution in [0, 0.1) is 17.8 Å². The number of carbonyl (C=O) groups is 3. The minimum atomic E-state index is -0.621. The highest BCUT2D eigenvalue weighted by Gasteiger charge is 2.34. The minimum absolute atomic E-state index is 0.00771. The molecule has 0 bridgehead atoms. The van der Waals surface area contributed by atoms with Crippen LogP contribution in [0.4, 0.5) is 0 Å². The van der Waals surface area contributed by atoms with Gasteiger partial charge in [0.1, 0.15) is 6.04 Å². The van der Waals surface area contributed by atoms with E-state index in [2.05, 4.69) is 17.2 Å². The number of hydrogen-bond acceptors (Lipinski definition) is 3. The zero-order chi connectivity index (χ0) is 24.2. The molecule has 0 aliphatic carbocycles. The van der Waals surface area contributed by atoms with Crippen molar-refractivity contribution in [1.82, 2.24) is 20.1 Å². The molecule has 7 heteroatoms. The average Bonchev–Trinajstić information content (AvgIpc) is 3.25. The van der Waals surface area contributed by atoms with Gasteiger partial charge in [0.2, 0.25) is 17.7 Å². The SMILES string of the molecule is CC1CCCN(C(=O)C2CCN(C(=O)C(Cc3c[nH]c4ccccc34)NC(=O)C(C)C)CC2)C1. The third-order valence-corrected chi connectivity index (χ3v) is 7.36. The number of carbonyl (C=O) groups excluding carboxylic acids is 3. The number of H-pyrrole nitrogens is 1. The molecule has 34 heavy (non-hydrogen) atoms. The molecule has 2 aliphatic rings. The van der Waals surface area contributed by atoms with Crippen LogP contribution in [0.3, 0.4) is 0 Å². The molecule has 4 rings (SSSR count). The van der Waals surface area contributed by atoms with E-state index >= 15 is 0 Å². The molecular weight excluding hydrogens is 428 g/mol. The van der Waals surface area contributed by atoms with Crippen LogP contribution in [-0.4, -0.2) is 64.7 Å². The molecular formula is C27H38N4O3. The van der Waals surface area contributed by atoms with Crippen molar-refractivity contribution in [2.45, 2.75) is 58.9 Å². The van der Waals surface area contributed by atoms with Crippen LogP contribution in [0.25, 0.3) is 10.9 Å². The number of amides is 3. The molecule has 0 spiro atoms. The molecule has 7 nitrogen and oxygen atoms in total. The molecule has 2 atom stereocenters. The lowest BCUT2D eigenvalue weighted by atomic mass is 9.92. The summed E-state index contributed by atoms with van der Waals surface area (Å²) in [5.74, 6) is 0.427. The average molecular weight is 467 g/mol. The molecule has 2 fully saturated rings. The predicted octanol–water partition coefficient (Wildman–Crippen LogP) is 3.35. The number of likely N-dealkylation sites (tertiary alicyclic amines) is 2. The summed E-state index contributed by atoms with van der Waals surface area (Å²) in [4.78, 5) is 46.2. The van der Waals surface area contributed by atoms with Crippen molar-refractivity contribution in [3.8, 4) is 0 Å². The molecule has 2 aromatic rings. The normalized spacial score (nSPS) is 20.5. The Balaban J connectivity index is 1.42. The Labute approximate surface area is 202 Å². The number of fused-ring (bicyclic) bond motifs is 1. The first-order valence-corrected chi connectivity index (χ1v) is 12.8. The Bertz CT molecular complexity index is 1020. The van der Waals surface area contributed by atoms with Crippen molar-refractivity contribution < 1.29 is 14.4 Å². The lowest BCUT2D eigenvalue weighted by Crippen LogP contribution is -2.53. The van der Waals surface area contributed by atoms with Gasteiger partial charge in [0.25, 0.3) is 0 Å². The van der Waals surface area contributed by atoms with Gasteiger partial charge in [0.15, 0.2) is 0 Å². The largest absolute Gasteiger partial charge is 0.361 e. The number of hydrogen-bond donors (Lipinski definition) is 2. The van der Waals surface area contributed by atoms with Crippen LogP contribution < -0.4 is 5.32 Å². The Kier molecular flexibility index (Phi) is 7.59. The maximum absolute atomic E-state index is 13.5. The third kappa shape index (κ3) is 5.45.